The number of halogens is 1. The topological polar surface area (TPSA) is 79.9 Å². The van der Waals surface area contributed by atoms with Crippen molar-refractivity contribution in [1.82, 2.24) is 9.78 Å². The van der Waals surface area contributed by atoms with Crippen molar-refractivity contribution in [3.8, 4) is 6.07 Å². The lowest BCUT2D eigenvalue weighted by atomic mass is 9.93. The molecular formula is C22H19FN4O2. The number of aromatic nitrogens is 2. The molecule has 29 heavy (non-hydrogen) atoms. The summed E-state index contributed by atoms with van der Waals surface area (Å²) in [6.07, 6.45) is 1.96. The van der Waals surface area contributed by atoms with Crippen LogP contribution in [0.1, 0.15) is 22.3 Å². The minimum Gasteiger partial charge on any atom is -0.374 e. The minimum atomic E-state index is -1.40. The number of amides is 1. The fourth-order valence-corrected chi connectivity index (χ4v) is 3.13. The number of anilines is 1. The summed E-state index contributed by atoms with van der Waals surface area (Å²) in [5.74, 6) is 0.276. The van der Waals surface area contributed by atoms with E-state index in [0.717, 1.165) is 11.1 Å². The Morgan fingerprint density at radius 2 is 1.83 bits per heavy atom. The molecule has 1 aliphatic rings. The third kappa shape index (κ3) is 4.33. The maximum absolute atomic E-state index is 14.3. The van der Waals surface area contributed by atoms with Crippen LogP contribution in [0.2, 0.25) is 0 Å². The molecule has 146 valence electrons. The Labute approximate surface area is 167 Å². The number of hydrogen-bond acceptors (Lipinski definition) is 4. The van der Waals surface area contributed by atoms with Crippen LogP contribution in [0.3, 0.4) is 0 Å². The largest absolute Gasteiger partial charge is 0.374 e. The van der Waals surface area contributed by atoms with E-state index in [1.54, 1.807) is 53.3 Å². The molecule has 4 rings (SSSR count). The van der Waals surface area contributed by atoms with Gasteiger partial charge in [-0.05, 0) is 28.8 Å². The number of benzene rings is 2. The first kappa shape index (κ1) is 18.8. The van der Waals surface area contributed by atoms with Crippen LogP contribution in [-0.4, -0.2) is 28.9 Å². The summed E-state index contributed by atoms with van der Waals surface area (Å²) in [6, 6.07) is 18.0. The van der Waals surface area contributed by atoms with E-state index in [2.05, 4.69) is 16.5 Å². The van der Waals surface area contributed by atoms with Crippen LogP contribution in [0.15, 0.2) is 60.8 Å². The van der Waals surface area contributed by atoms with Crippen molar-refractivity contribution in [3.05, 3.63) is 83.0 Å². The summed E-state index contributed by atoms with van der Waals surface area (Å²) < 4.78 is 20.9. The number of nitriles is 1. The van der Waals surface area contributed by atoms with E-state index < -0.39 is 5.67 Å². The molecule has 6 nitrogen and oxygen atoms in total. The van der Waals surface area contributed by atoms with Gasteiger partial charge in [-0.3, -0.25) is 9.48 Å². The molecule has 0 radical (unpaired) electrons. The Bertz CT molecular complexity index is 1050. The van der Waals surface area contributed by atoms with Crippen molar-refractivity contribution in [3.63, 3.8) is 0 Å². The van der Waals surface area contributed by atoms with E-state index in [1.807, 2.05) is 12.1 Å². The van der Waals surface area contributed by atoms with Crippen LogP contribution in [0, 0.1) is 11.3 Å². The number of hydrogen-bond donors (Lipinski definition) is 1. The quantitative estimate of drug-likeness (QED) is 0.701. The Morgan fingerprint density at radius 1 is 1.14 bits per heavy atom. The fraction of sp³-hybridized carbons (Fsp3) is 0.227. The Kier molecular flexibility index (Phi) is 5.10. The van der Waals surface area contributed by atoms with Crippen molar-refractivity contribution >= 4 is 11.7 Å². The molecule has 0 atom stereocenters. The molecule has 7 heteroatoms. The Hall–Kier alpha value is -3.50. The number of rotatable bonds is 6. The van der Waals surface area contributed by atoms with Crippen molar-refractivity contribution in [1.29, 1.82) is 5.26 Å². The molecule has 3 aromatic rings. The zero-order valence-electron chi connectivity index (χ0n) is 15.6. The first-order valence-electron chi connectivity index (χ1n) is 9.22. The van der Waals surface area contributed by atoms with Gasteiger partial charge in [0.15, 0.2) is 11.5 Å². The van der Waals surface area contributed by atoms with Gasteiger partial charge in [0.05, 0.1) is 37.8 Å². The van der Waals surface area contributed by atoms with Gasteiger partial charge >= 0.3 is 0 Å². The van der Waals surface area contributed by atoms with E-state index in [1.165, 1.54) is 0 Å². The number of carbonyl (C=O) groups is 1. The molecule has 1 aliphatic heterocycles. The van der Waals surface area contributed by atoms with Gasteiger partial charge in [0, 0.05) is 12.3 Å². The van der Waals surface area contributed by atoms with Gasteiger partial charge in [0.2, 0.25) is 5.91 Å². The maximum atomic E-state index is 14.3. The Morgan fingerprint density at radius 3 is 2.45 bits per heavy atom. The van der Waals surface area contributed by atoms with E-state index in [0.29, 0.717) is 23.5 Å². The van der Waals surface area contributed by atoms with E-state index in [-0.39, 0.29) is 25.5 Å². The van der Waals surface area contributed by atoms with Crippen LogP contribution in [-0.2, 0) is 28.2 Å². The first-order valence-corrected chi connectivity index (χ1v) is 9.22. The van der Waals surface area contributed by atoms with Crippen LogP contribution in [0.5, 0.6) is 0 Å². The Balaban J connectivity index is 1.32. The predicted molar refractivity (Wildman–Crippen MR) is 105 cm³/mol. The summed E-state index contributed by atoms with van der Waals surface area (Å²) in [6.45, 7) is 0.702. The highest BCUT2D eigenvalue weighted by Gasteiger charge is 2.40. The number of nitrogens with zero attached hydrogens (tertiary/aromatic N) is 3. The number of ether oxygens (including phenoxy) is 1. The van der Waals surface area contributed by atoms with Crippen LogP contribution in [0.4, 0.5) is 10.2 Å². The molecule has 0 saturated carbocycles. The summed E-state index contributed by atoms with van der Waals surface area (Å²) in [5, 5.41) is 16.0. The van der Waals surface area contributed by atoms with Crippen molar-refractivity contribution in [2.24, 2.45) is 0 Å². The smallest absolute Gasteiger partial charge is 0.229 e. The first-order chi connectivity index (χ1) is 14.0. The van der Waals surface area contributed by atoms with Gasteiger partial charge in [-0.15, -0.1) is 0 Å². The molecular weight excluding hydrogens is 371 g/mol. The van der Waals surface area contributed by atoms with Crippen LogP contribution < -0.4 is 5.32 Å². The van der Waals surface area contributed by atoms with E-state index in [9.17, 15) is 9.18 Å². The van der Waals surface area contributed by atoms with Gasteiger partial charge in [-0.1, -0.05) is 36.4 Å². The normalized spacial score (nSPS) is 14.6. The number of nitrogens with one attached hydrogen (secondary N) is 1. The molecule has 1 saturated heterocycles. The zero-order chi connectivity index (χ0) is 20.3. The molecule has 0 bridgehead atoms. The molecule has 1 fully saturated rings. The van der Waals surface area contributed by atoms with Gasteiger partial charge in [-0.25, -0.2) is 4.39 Å². The lowest BCUT2D eigenvalue weighted by Crippen LogP contribution is -2.42. The fourth-order valence-electron chi connectivity index (χ4n) is 3.13. The molecule has 1 N–H and O–H groups in total. The second-order valence-corrected chi connectivity index (χ2v) is 7.09. The lowest BCUT2D eigenvalue weighted by Gasteiger charge is -2.34. The van der Waals surface area contributed by atoms with Gasteiger partial charge < -0.3 is 10.1 Å². The van der Waals surface area contributed by atoms with Gasteiger partial charge in [0.25, 0.3) is 0 Å². The SMILES string of the molecule is N#Cc1ccc(Cn2ccc(NC(=O)Cc3ccc(C4(F)COC4)cc3)n2)cc1. The second-order valence-electron chi connectivity index (χ2n) is 7.09. The predicted octanol–water partition coefficient (Wildman–Crippen LogP) is 3.18. The lowest BCUT2D eigenvalue weighted by molar-refractivity contribution is -0.135. The molecule has 1 amide bonds. The highest BCUT2D eigenvalue weighted by Crippen LogP contribution is 2.33. The molecule has 0 unspecified atom stereocenters. The average molecular weight is 390 g/mol. The maximum Gasteiger partial charge on any atom is 0.229 e. The highest BCUT2D eigenvalue weighted by atomic mass is 19.1. The van der Waals surface area contributed by atoms with Crippen molar-refractivity contribution < 1.29 is 13.9 Å². The average Bonchev–Trinajstić information content (AvgIpc) is 3.14. The monoisotopic (exact) mass is 390 g/mol. The summed E-state index contributed by atoms with van der Waals surface area (Å²) >= 11 is 0. The summed E-state index contributed by atoms with van der Waals surface area (Å²) in [4.78, 5) is 12.3. The number of carbonyl (C=O) groups excluding carboxylic acids is 1. The van der Waals surface area contributed by atoms with Crippen LogP contribution in [0.25, 0.3) is 0 Å². The van der Waals surface area contributed by atoms with Crippen molar-refractivity contribution in [2.45, 2.75) is 18.6 Å². The summed E-state index contributed by atoms with van der Waals surface area (Å²) in [5.41, 5.74) is 1.59. The van der Waals surface area contributed by atoms with Gasteiger partial charge in [-0.2, -0.15) is 10.4 Å². The van der Waals surface area contributed by atoms with E-state index in [4.69, 9.17) is 10.00 Å². The molecule has 0 spiro atoms. The van der Waals surface area contributed by atoms with Gasteiger partial charge in [0.1, 0.15) is 0 Å². The minimum absolute atomic E-state index is 0.0813. The summed E-state index contributed by atoms with van der Waals surface area (Å²) in [7, 11) is 0. The van der Waals surface area contributed by atoms with Crippen LogP contribution >= 0.6 is 0 Å². The number of alkyl halides is 1. The zero-order valence-corrected chi connectivity index (χ0v) is 15.6. The van der Waals surface area contributed by atoms with E-state index >= 15 is 0 Å². The van der Waals surface area contributed by atoms with Crippen molar-refractivity contribution in [2.75, 3.05) is 18.5 Å². The third-order valence-electron chi connectivity index (χ3n) is 4.83. The molecule has 1 aromatic heterocycles. The molecule has 2 aromatic carbocycles. The molecule has 0 aliphatic carbocycles. The second kappa shape index (κ2) is 7.86. The molecule has 2 heterocycles. The highest BCUT2D eigenvalue weighted by molar-refractivity contribution is 5.91. The third-order valence-corrected chi connectivity index (χ3v) is 4.83. The standard InChI is InChI=1S/C22H19FN4O2/c23-22(14-29-15-22)19-7-5-16(6-8-19)11-21(28)25-20-9-10-27(26-20)13-18-3-1-17(12-24)2-4-18/h1-10H,11,13-15H2,(H,25,26,28).